The van der Waals surface area contributed by atoms with Crippen LogP contribution in [0.25, 0.3) is 21.8 Å². The minimum Gasteiger partial charge on any atom is -0.381 e. The van der Waals surface area contributed by atoms with Gasteiger partial charge in [0, 0.05) is 130 Å². The molecule has 4 aromatic rings. The van der Waals surface area contributed by atoms with Crippen LogP contribution in [-0.2, 0) is 54.0 Å². The summed E-state index contributed by atoms with van der Waals surface area (Å²) < 4.78 is 15.9. The number of benzene rings is 2. The number of nitrogens with one attached hydrogen (secondary N) is 1. The fourth-order valence-electron chi connectivity index (χ4n) is 12.2. The van der Waals surface area contributed by atoms with Gasteiger partial charge in [0.25, 0.3) is 11.8 Å². The van der Waals surface area contributed by atoms with Gasteiger partial charge in [-0.2, -0.15) is 0 Å². The monoisotopic (exact) mass is 847 g/mol. The van der Waals surface area contributed by atoms with E-state index in [1.54, 1.807) is 0 Å². The summed E-state index contributed by atoms with van der Waals surface area (Å²) >= 11 is 0. The van der Waals surface area contributed by atoms with E-state index in [-0.39, 0.29) is 29.8 Å². The number of likely N-dealkylation sites (tertiary alicyclic amines) is 2. The number of nitrogens with zero attached hydrogens (tertiary/aromatic N) is 4. The molecule has 6 aliphatic rings. The smallest absolute Gasteiger partial charge is 0.253 e. The van der Waals surface area contributed by atoms with Gasteiger partial charge >= 0.3 is 0 Å². The van der Waals surface area contributed by atoms with Crippen molar-refractivity contribution in [2.75, 3.05) is 52.6 Å². The van der Waals surface area contributed by atoms with Crippen molar-refractivity contribution in [2.24, 2.45) is 43.5 Å². The molecular formula is C51H70N6O5. The molecule has 2 aromatic heterocycles. The Balaban J connectivity index is 0.000000159. The number of hydrogen-bond acceptors (Lipinski definition) is 6. The Morgan fingerprint density at radius 1 is 0.645 bits per heavy atom. The molecular weight excluding hydrogens is 777 g/mol. The highest BCUT2D eigenvalue weighted by atomic mass is 16.5. The number of amides is 3. The van der Waals surface area contributed by atoms with E-state index in [1.165, 1.54) is 82.8 Å². The van der Waals surface area contributed by atoms with Crippen LogP contribution < -0.4 is 11.1 Å². The SMILES string of the molecule is CCC(=O)NC1CCCN(C(=O)c2ccc3c(c2)c2c(n3C)CCC(C3CCOCC3)C2)C1.Cn1c2c(c3cc(C(=O)N4CCCC(N)C4)ccc31)CC(C1CCOCC1)CC2. The zero-order valence-corrected chi connectivity index (χ0v) is 37.6. The van der Waals surface area contributed by atoms with Gasteiger partial charge in [0.2, 0.25) is 5.91 Å². The molecule has 0 radical (unpaired) electrons. The van der Waals surface area contributed by atoms with Crippen LogP contribution in [0.4, 0.5) is 0 Å². The number of aromatic nitrogens is 2. The maximum atomic E-state index is 13.4. The van der Waals surface area contributed by atoms with Crippen LogP contribution in [0.1, 0.15) is 121 Å². The van der Waals surface area contributed by atoms with Crippen molar-refractivity contribution in [3.05, 3.63) is 70.0 Å². The number of rotatable bonds is 6. The molecule has 4 fully saturated rings. The van der Waals surface area contributed by atoms with Crippen molar-refractivity contribution >= 4 is 39.5 Å². The molecule has 334 valence electrons. The Bertz CT molecular complexity index is 2260. The molecule has 10 rings (SSSR count). The van der Waals surface area contributed by atoms with Crippen LogP contribution >= 0.6 is 0 Å². The Kier molecular flexibility index (Phi) is 13.1. The van der Waals surface area contributed by atoms with Gasteiger partial charge in [-0.25, -0.2) is 0 Å². The second-order valence-electron chi connectivity index (χ2n) is 19.5. The lowest BCUT2D eigenvalue weighted by Crippen LogP contribution is -2.49. The van der Waals surface area contributed by atoms with Gasteiger partial charge < -0.3 is 39.5 Å². The Labute approximate surface area is 368 Å². The zero-order chi connectivity index (χ0) is 42.9. The van der Waals surface area contributed by atoms with Crippen LogP contribution in [0, 0.1) is 23.7 Å². The van der Waals surface area contributed by atoms with E-state index < -0.39 is 0 Å². The summed E-state index contributed by atoms with van der Waals surface area (Å²) in [6.07, 6.45) is 16.2. The molecule has 4 saturated heterocycles. The topological polar surface area (TPSA) is 124 Å². The summed E-state index contributed by atoms with van der Waals surface area (Å²) in [6, 6.07) is 12.7. The third-order valence-electron chi connectivity index (χ3n) is 15.8. The summed E-state index contributed by atoms with van der Waals surface area (Å²) in [7, 11) is 4.35. The van der Waals surface area contributed by atoms with E-state index in [2.05, 4.69) is 52.8 Å². The number of ether oxygens (including phenoxy) is 2. The van der Waals surface area contributed by atoms with Gasteiger partial charge in [-0.05, 0) is 161 Å². The zero-order valence-electron chi connectivity index (χ0n) is 37.6. The molecule has 3 N–H and O–H groups in total. The van der Waals surface area contributed by atoms with Gasteiger partial charge in [-0.3, -0.25) is 14.4 Å². The van der Waals surface area contributed by atoms with Gasteiger partial charge in [0.05, 0.1) is 0 Å². The lowest BCUT2D eigenvalue weighted by atomic mass is 9.75. The number of nitrogens with two attached hydrogens (primary N) is 1. The minimum atomic E-state index is 0.0589. The van der Waals surface area contributed by atoms with E-state index in [4.69, 9.17) is 15.2 Å². The van der Waals surface area contributed by atoms with E-state index in [0.29, 0.717) is 19.5 Å². The predicted octanol–water partition coefficient (Wildman–Crippen LogP) is 7.11. The molecule has 0 spiro atoms. The second kappa shape index (κ2) is 18.9. The molecule has 0 saturated carbocycles. The molecule has 4 aliphatic heterocycles. The van der Waals surface area contributed by atoms with E-state index in [0.717, 1.165) is 126 Å². The molecule has 3 amide bonds. The molecule has 4 atom stereocenters. The Morgan fingerprint density at radius 2 is 1.13 bits per heavy atom. The van der Waals surface area contributed by atoms with Crippen molar-refractivity contribution in [3.8, 4) is 0 Å². The third kappa shape index (κ3) is 8.83. The Hall–Kier alpha value is -4.19. The first-order valence-electron chi connectivity index (χ1n) is 24.2. The van der Waals surface area contributed by atoms with Crippen molar-refractivity contribution in [1.29, 1.82) is 0 Å². The van der Waals surface area contributed by atoms with E-state index in [9.17, 15) is 14.4 Å². The fourth-order valence-corrected chi connectivity index (χ4v) is 12.2. The first-order chi connectivity index (χ1) is 30.2. The second-order valence-corrected chi connectivity index (χ2v) is 19.5. The quantitative estimate of drug-likeness (QED) is 0.213. The molecule has 11 heteroatoms. The minimum absolute atomic E-state index is 0.0589. The highest BCUT2D eigenvalue weighted by Crippen LogP contribution is 2.41. The lowest BCUT2D eigenvalue weighted by Gasteiger charge is -2.33. The van der Waals surface area contributed by atoms with E-state index >= 15 is 0 Å². The molecule has 62 heavy (non-hydrogen) atoms. The van der Waals surface area contributed by atoms with Gasteiger partial charge in [-0.15, -0.1) is 0 Å². The van der Waals surface area contributed by atoms with Crippen molar-refractivity contribution in [2.45, 2.75) is 115 Å². The van der Waals surface area contributed by atoms with Crippen LogP contribution in [0.2, 0.25) is 0 Å². The van der Waals surface area contributed by atoms with Crippen LogP contribution in [0.5, 0.6) is 0 Å². The van der Waals surface area contributed by atoms with Crippen molar-refractivity contribution < 1.29 is 23.9 Å². The normalized spacial score (nSPS) is 24.9. The Morgan fingerprint density at radius 3 is 1.61 bits per heavy atom. The number of piperidine rings is 2. The van der Waals surface area contributed by atoms with Gasteiger partial charge in [0.15, 0.2) is 0 Å². The highest BCUT2D eigenvalue weighted by molar-refractivity contribution is 6.00. The van der Waals surface area contributed by atoms with Gasteiger partial charge in [0.1, 0.15) is 0 Å². The third-order valence-corrected chi connectivity index (χ3v) is 15.8. The molecule has 11 nitrogen and oxygen atoms in total. The molecule has 0 bridgehead atoms. The van der Waals surface area contributed by atoms with Crippen LogP contribution in [0.15, 0.2) is 36.4 Å². The predicted molar refractivity (Wildman–Crippen MR) is 244 cm³/mol. The molecule has 2 aromatic carbocycles. The summed E-state index contributed by atoms with van der Waals surface area (Å²) in [5.74, 6) is 3.29. The molecule has 4 unspecified atom stereocenters. The first kappa shape index (κ1) is 43.1. The first-order valence-corrected chi connectivity index (χ1v) is 24.2. The summed E-state index contributed by atoms with van der Waals surface area (Å²) in [6.45, 7) is 8.35. The molecule has 6 heterocycles. The maximum absolute atomic E-state index is 13.4. The number of carbonyl (C=O) groups is 3. The van der Waals surface area contributed by atoms with Gasteiger partial charge in [-0.1, -0.05) is 6.92 Å². The largest absolute Gasteiger partial charge is 0.381 e. The number of hydrogen-bond donors (Lipinski definition) is 2. The van der Waals surface area contributed by atoms with E-state index in [1.807, 2.05) is 28.9 Å². The number of aryl methyl sites for hydroxylation is 2. The maximum Gasteiger partial charge on any atom is 0.253 e. The summed E-state index contributed by atoms with van der Waals surface area (Å²) in [5.41, 5.74) is 16.0. The summed E-state index contributed by atoms with van der Waals surface area (Å²) in [5, 5.41) is 5.61. The average molecular weight is 847 g/mol. The average Bonchev–Trinajstić information content (AvgIpc) is 3.77. The van der Waals surface area contributed by atoms with Crippen molar-refractivity contribution in [1.82, 2.24) is 24.3 Å². The lowest BCUT2D eigenvalue weighted by molar-refractivity contribution is -0.121. The van der Waals surface area contributed by atoms with Crippen molar-refractivity contribution in [3.63, 3.8) is 0 Å². The molecule has 2 aliphatic carbocycles. The van der Waals surface area contributed by atoms with Crippen LogP contribution in [0.3, 0.4) is 0 Å². The number of fused-ring (bicyclic) bond motifs is 6. The standard InChI is InChI=1S/C27H37N3O3.C24H33N3O2/c1-3-26(31)28-21-5-4-12-30(17-21)27(32)20-7-9-25-23(16-20)22-15-19(6-8-24(22)29(25)2)18-10-13-33-14-11-18;1-26-22-6-4-17(16-8-11-29-12-9-16)13-20(22)21-14-18(5-7-23(21)26)24(28)27-10-2-3-19(25)15-27/h7,9,16,18-19,21H,3-6,8,10-15,17H2,1-2H3,(H,28,31);5,7,14,16-17,19H,2-4,6,8-13,15,25H2,1H3. The summed E-state index contributed by atoms with van der Waals surface area (Å²) in [4.78, 5) is 42.2. The highest BCUT2D eigenvalue weighted by Gasteiger charge is 2.34. The van der Waals surface area contributed by atoms with Crippen LogP contribution in [-0.4, -0.2) is 101 Å². The number of carbonyl (C=O) groups excluding carboxylic acids is 3. The fraction of sp³-hybridized carbons (Fsp3) is 0.627.